The summed E-state index contributed by atoms with van der Waals surface area (Å²) >= 11 is 0. The Morgan fingerprint density at radius 2 is 2.22 bits per heavy atom. The SMILES string of the molecule is CCNC(=NCc1ccc(C)c(OC)c1)N1CCC(COC)C1. The molecule has 5 heteroatoms. The van der Waals surface area contributed by atoms with Gasteiger partial charge in [-0.2, -0.15) is 0 Å². The number of hydrogen-bond donors (Lipinski definition) is 1. The van der Waals surface area contributed by atoms with Crippen LogP contribution in [0.3, 0.4) is 0 Å². The van der Waals surface area contributed by atoms with Crippen molar-refractivity contribution in [2.45, 2.75) is 26.8 Å². The maximum absolute atomic E-state index is 5.39. The van der Waals surface area contributed by atoms with Gasteiger partial charge in [-0.3, -0.25) is 0 Å². The number of nitrogens with one attached hydrogen (secondary N) is 1. The number of hydrogen-bond acceptors (Lipinski definition) is 3. The van der Waals surface area contributed by atoms with Gasteiger partial charge in [0.1, 0.15) is 5.75 Å². The fraction of sp³-hybridized carbons (Fsp3) is 0.611. The number of rotatable bonds is 6. The van der Waals surface area contributed by atoms with E-state index in [2.05, 4.69) is 42.3 Å². The van der Waals surface area contributed by atoms with Crippen LogP contribution in [0.5, 0.6) is 5.75 Å². The molecule has 1 aromatic rings. The van der Waals surface area contributed by atoms with Gasteiger partial charge < -0.3 is 19.7 Å². The molecule has 0 amide bonds. The first kappa shape index (κ1) is 17.6. The number of likely N-dealkylation sites (tertiary alicyclic amines) is 1. The number of nitrogens with zero attached hydrogens (tertiary/aromatic N) is 2. The molecule has 0 bridgehead atoms. The Morgan fingerprint density at radius 1 is 1.39 bits per heavy atom. The molecule has 0 spiro atoms. The van der Waals surface area contributed by atoms with Crippen LogP contribution in [-0.4, -0.2) is 51.3 Å². The summed E-state index contributed by atoms with van der Waals surface area (Å²) in [4.78, 5) is 7.13. The van der Waals surface area contributed by atoms with Crippen LogP contribution in [-0.2, 0) is 11.3 Å². The Kier molecular flexibility index (Phi) is 6.71. The van der Waals surface area contributed by atoms with Gasteiger partial charge in [0.25, 0.3) is 0 Å². The lowest BCUT2D eigenvalue weighted by molar-refractivity contribution is 0.157. The Labute approximate surface area is 139 Å². The first-order chi connectivity index (χ1) is 11.2. The summed E-state index contributed by atoms with van der Waals surface area (Å²) in [5, 5.41) is 3.40. The number of benzene rings is 1. The summed E-state index contributed by atoms with van der Waals surface area (Å²) in [6.45, 7) is 8.56. The molecule has 1 saturated heterocycles. The van der Waals surface area contributed by atoms with Gasteiger partial charge in [-0.15, -0.1) is 0 Å². The summed E-state index contributed by atoms with van der Waals surface area (Å²) in [5.74, 6) is 2.51. The monoisotopic (exact) mass is 319 g/mol. The van der Waals surface area contributed by atoms with E-state index in [-0.39, 0.29) is 0 Å². The third-order valence-corrected chi connectivity index (χ3v) is 4.21. The molecule has 2 rings (SSSR count). The number of aryl methyl sites for hydroxylation is 1. The highest BCUT2D eigenvalue weighted by Crippen LogP contribution is 2.20. The molecule has 128 valence electrons. The van der Waals surface area contributed by atoms with Gasteiger partial charge in [0.2, 0.25) is 0 Å². The van der Waals surface area contributed by atoms with E-state index in [0.29, 0.717) is 12.5 Å². The summed E-state index contributed by atoms with van der Waals surface area (Å²) in [6, 6.07) is 6.27. The van der Waals surface area contributed by atoms with Crippen LogP contribution >= 0.6 is 0 Å². The second-order valence-corrected chi connectivity index (χ2v) is 6.03. The second kappa shape index (κ2) is 8.77. The van der Waals surface area contributed by atoms with Crippen molar-refractivity contribution in [3.05, 3.63) is 29.3 Å². The maximum Gasteiger partial charge on any atom is 0.194 e. The third-order valence-electron chi connectivity index (χ3n) is 4.21. The lowest BCUT2D eigenvalue weighted by atomic mass is 10.1. The summed E-state index contributed by atoms with van der Waals surface area (Å²) in [5.41, 5.74) is 2.31. The number of methoxy groups -OCH3 is 2. The fourth-order valence-electron chi connectivity index (χ4n) is 2.95. The van der Waals surface area contributed by atoms with Crippen molar-refractivity contribution < 1.29 is 9.47 Å². The molecule has 0 radical (unpaired) electrons. The minimum atomic E-state index is 0.600. The van der Waals surface area contributed by atoms with Gasteiger partial charge in [0.05, 0.1) is 20.3 Å². The Morgan fingerprint density at radius 3 is 2.91 bits per heavy atom. The van der Waals surface area contributed by atoms with Crippen LogP contribution in [0.4, 0.5) is 0 Å². The van der Waals surface area contributed by atoms with Crippen molar-refractivity contribution in [1.82, 2.24) is 10.2 Å². The van der Waals surface area contributed by atoms with E-state index in [1.165, 1.54) is 0 Å². The maximum atomic E-state index is 5.39. The lowest BCUT2D eigenvalue weighted by Gasteiger charge is -2.21. The van der Waals surface area contributed by atoms with Crippen molar-refractivity contribution in [3.63, 3.8) is 0 Å². The molecule has 1 unspecified atom stereocenters. The first-order valence-corrected chi connectivity index (χ1v) is 8.33. The molecule has 1 aromatic carbocycles. The predicted octanol–water partition coefficient (Wildman–Crippen LogP) is 2.44. The molecule has 0 aromatic heterocycles. The van der Waals surface area contributed by atoms with Gasteiger partial charge in [-0.1, -0.05) is 12.1 Å². The fourth-order valence-corrected chi connectivity index (χ4v) is 2.95. The van der Waals surface area contributed by atoms with Gasteiger partial charge in [-0.25, -0.2) is 4.99 Å². The highest BCUT2D eigenvalue weighted by Gasteiger charge is 2.24. The van der Waals surface area contributed by atoms with Crippen LogP contribution < -0.4 is 10.1 Å². The van der Waals surface area contributed by atoms with Gasteiger partial charge >= 0.3 is 0 Å². The molecule has 1 fully saturated rings. The standard InChI is InChI=1S/C18H29N3O2/c1-5-19-18(21-9-8-16(12-21)13-22-3)20-11-15-7-6-14(2)17(10-15)23-4/h6-7,10,16H,5,8-9,11-13H2,1-4H3,(H,19,20). The van der Waals surface area contributed by atoms with Gasteiger partial charge in [-0.05, 0) is 37.5 Å². The molecule has 1 N–H and O–H groups in total. The number of aliphatic imine (C=N–C) groups is 1. The average molecular weight is 319 g/mol. The molecule has 1 atom stereocenters. The van der Waals surface area contributed by atoms with Gasteiger partial charge in [0, 0.05) is 32.7 Å². The Bertz CT molecular complexity index is 531. The molecule has 0 saturated carbocycles. The highest BCUT2D eigenvalue weighted by molar-refractivity contribution is 5.80. The van der Waals surface area contributed by atoms with E-state index in [9.17, 15) is 0 Å². The third kappa shape index (κ3) is 4.86. The van der Waals surface area contributed by atoms with E-state index >= 15 is 0 Å². The van der Waals surface area contributed by atoms with E-state index in [0.717, 1.165) is 55.5 Å². The van der Waals surface area contributed by atoms with Crippen LogP contribution in [0.15, 0.2) is 23.2 Å². The largest absolute Gasteiger partial charge is 0.496 e. The minimum Gasteiger partial charge on any atom is -0.496 e. The van der Waals surface area contributed by atoms with Crippen LogP contribution in [0.2, 0.25) is 0 Å². The molecule has 5 nitrogen and oxygen atoms in total. The molecular weight excluding hydrogens is 290 g/mol. The zero-order valence-corrected chi connectivity index (χ0v) is 14.8. The average Bonchev–Trinajstić information content (AvgIpc) is 3.01. The Hall–Kier alpha value is -1.75. The van der Waals surface area contributed by atoms with Crippen molar-refractivity contribution in [2.24, 2.45) is 10.9 Å². The van der Waals surface area contributed by atoms with Crippen molar-refractivity contribution in [3.8, 4) is 5.75 Å². The smallest absolute Gasteiger partial charge is 0.194 e. The minimum absolute atomic E-state index is 0.600. The van der Waals surface area contributed by atoms with Crippen LogP contribution in [0.1, 0.15) is 24.5 Å². The summed E-state index contributed by atoms with van der Waals surface area (Å²) < 4.78 is 10.7. The normalized spacial score (nSPS) is 18.3. The van der Waals surface area contributed by atoms with E-state index in [4.69, 9.17) is 14.5 Å². The number of guanidine groups is 1. The van der Waals surface area contributed by atoms with Crippen LogP contribution in [0, 0.1) is 12.8 Å². The van der Waals surface area contributed by atoms with Crippen LogP contribution in [0.25, 0.3) is 0 Å². The van der Waals surface area contributed by atoms with E-state index in [1.807, 2.05) is 0 Å². The first-order valence-electron chi connectivity index (χ1n) is 8.33. The predicted molar refractivity (Wildman–Crippen MR) is 94.1 cm³/mol. The molecule has 1 heterocycles. The van der Waals surface area contributed by atoms with Crippen molar-refractivity contribution in [1.29, 1.82) is 0 Å². The Balaban J connectivity index is 2.04. The zero-order valence-electron chi connectivity index (χ0n) is 14.8. The zero-order chi connectivity index (χ0) is 16.7. The summed E-state index contributed by atoms with van der Waals surface area (Å²) in [6.07, 6.45) is 1.16. The number of ether oxygens (including phenoxy) is 2. The summed E-state index contributed by atoms with van der Waals surface area (Å²) in [7, 11) is 3.48. The molecule has 1 aliphatic rings. The molecule has 1 aliphatic heterocycles. The second-order valence-electron chi connectivity index (χ2n) is 6.03. The highest BCUT2D eigenvalue weighted by atomic mass is 16.5. The quantitative estimate of drug-likeness (QED) is 0.646. The molecule has 0 aliphatic carbocycles. The van der Waals surface area contributed by atoms with Gasteiger partial charge in [0.15, 0.2) is 5.96 Å². The van der Waals surface area contributed by atoms with E-state index in [1.54, 1.807) is 14.2 Å². The molecule has 23 heavy (non-hydrogen) atoms. The van der Waals surface area contributed by atoms with Crippen molar-refractivity contribution >= 4 is 5.96 Å². The topological polar surface area (TPSA) is 46.1 Å². The van der Waals surface area contributed by atoms with Crippen molar-refractivity contribution in [2.75, 3.05) is 40.5 Å². The lowest BCUT2D eigenvalue weighted by Crippen LogP contribution is -2.40. The van der Waals surface area contributed by atoms with E-state index < -0.39 is 0 Å². The molecular formula is C18H29N3O2.